The number of rotatable bonds is 2. The second-order valence-corrected chi connectivity index (χ2v) is 4.65. The summed E-state index contributed by atoms with van der Waals surface area (Å²) in [5.74, 6) is 0. The van der Waals surface area contributed by atoms with Gasteiger partial charge in [-0.15, -0.1) is 0 Å². The van der Waals surface area contributed by atoms with E-state index in [-0.39, 0.29) is 18.2 Å². The van der Waals surface area contributed by atoms with Gasteiger partial charge < -0.3 is 10.1 Å². The van der Waals surface area contributed by atoms with Gasteiger partial charge in [0.1, 0.15) is 6.10 Å². The molecule has 19 heavy (non-hydrogen) atoms. The Bertz CT molecular complexity index is 504. The number of amides is 1. The monoisotopic (exact) mass is 253 g/mol. The molecule has 96 valence electrons. The van der Waals surface area contributed by atoms with E-state index in [0.717, 1.165) is 17.5 Å². The summed E-state index contributed by atoms with van der Waals surface area (Å²) in [5.41, 5.74) is 2.15. The van der Waals surface area contributed by atoms with Gasteiger partial charge >= 0.3 is 6.09 Å². The van der Waals surface area contributed by atoms with Crippen LogP contribution in [0.5, 0.6) is 0 Å². The fourth-order valence-corrected chi connectivity index (χ4v) is 2.40. The fraction of sp³-hybridized carbons (Fsp3) is 0.188. The van der Waals surface area contributed by atoms with Crippen LogP contribution in [0.25, 0.3) is 0 Å². The topological polar surface area (TPSA) is 38.3 Å². The van der Waals surface area contributed by atoms with Crippen LogP contribution in [-0.4, -0.2) is 6.09 Å². The van der Waals surface area contributed by atoms with Gasteiger partial charge in [-0.05, 0) is 11.1 Å². The molecule has 2 aromatic rings. The van der Waals surface area contributed by atoms with Gasteiger partial charge in [-0.2, -0.15) is 0 Å². The highest BCUT2D eigenvalue weighted by Gasteiger charge is 2.29. The Morgan fingerprint density at radius 3 is 2.11 bits per heavy atom. The molecule has 2 atom stereocenters. The molecule has 1 aliphatic heterocycles. The van der Waals surface area contributed by atoms with Gasteiger partial charge in [0.05, 0.1) is 6.04 Å². The van der Waals surface area contributed by atoms with Crippen LogP contribution in [0.4, 0.5) is 4.79 Å². The third-order valence-electron chi connectivity index (χ3n) is 3.36. The Kier molecular flexibility index (Phi) is 3.19. The molecule has 1 fully saturated rings. The molecule has 1 saturated heterocycles. The van der Waals surface area contributed by atoms with Crippen molar-refractivity contribution in [2.24, 2.45) is 0 Å². The van der Waals surface area contributed by atoms with Gasteiger partial charge in [-0.25, -0.2) is 4.79 Å². The van der Waals surface area contributed by atoms with E-state index in [1.54, 1.807) is 0 Å². The highest BCUT2D eigenvalue weighted by molar-refractivity contribution is 5.69. The molecule has 0 aromatic heterocycles. The van der Waals surface area contributed by atoms with Crippen LogP contribution in [-0.2, 0) is 4.74 Å². The van der Waals surface area contributed by atoms with Crippen molar-refractivity contribution in [1.82, 2.24) is 5.32 Å². The molecule has 3 nitrogen and oxygen atoms in total. The number of alkyl carbamates (subject to hydrolysis) is 1. The molecule has 0 bridgehead atoms. The normalized spacial score (nSPS) is 22.4. The summed E-state index contributed by atoms with van der Waals surface area (Å²) in [4.78, 5) is 11.7. The lowest BCUT2D eigenvalue weighted by Gasteiger charge is -2.30. The Balaban J connectivity index is 1.84. The van der Waals surface area contributed by atoms with Crippen LogP contribution in [0.15, 0.2) is 60.7 Å². The van der Waals surface area contributed by atoms with E-state index in [1.165, 1.54) is 0 Å². The third kappa shape index (κ3) is 2.60. The molecular weight excluding hydrogens is 238 g/mol. The number of nitrogens with one attached hydrogen (secondary N) is 1. The number of hydrogen-bond donors (Lipinski definition) is 1. The van der Waals surface area contributed by atoms with E-state index in [4.69, 9.17) is 4.74 Å². The first-order valence-corrected chi connectivity index (χ1v) is 6.40. The van der Waals surface area contributed by atoms with Crippen molar-refractivity contribution < 1.29 is 9.53 Å². The summed E-state index contributed by atoms with van der Waals surface area (Å²) in [6, 6.07) is 19.9. The van der Waals surface area contributed by atoms with Gasteiger partial charge in [0.15, 0.2) is 0 Å². The largest absolute Gasteiger partial charge is 0.441 e. The first-order chi connectivity index (χ1) is 9.33. The number of carbonyl (C=O) groups is 1. The molecule has 0 saturated carbocycles. The molecule has 3 heteroatoms. The second kappa shape index (κ2) is 5.14. The lowest BCUT2D eigenvalue weighted by atomic mass is 9.95. The molecule has 3 rings (SSSR count). The van der Waals surface area contributed by atoms with Crippen LogP contribution in [0, 0.1) is 0 Å². The molecule has 0 aliphatic carbocycles. The van der Waals surface area contributed by atoms with Gasteiger partial charge in [-0.1, -0.05) is 60.7 Å². The SMILES string of the molecule is O=C1N[C@@H](c2ccccc2)C[C@H](c2ccccc2)O1. The number of ether oxygens (including phenoxy) is 1. The average molecular weight is 253 g/mol. The Morgan fingerprint density at radius 2 is 1.47 bits per heavy atom. The average Bonchev–Trinajstić information content (AvgIpc) is 2.48. The summed E-state index contributed by atoms with van der Waals surface area (Å²) < 4.78 is 5.37. The van der Waals surface area contributed by atoms with E-state index >= 15 is 0 Å². The van der Waals surface area contributed by atoms with Gasteiger partial charge in [0.2, 0.25) is 0 Å². The molecule has 1 aliphatic rings. The van der Waals surface area contributed by atoms with Crippen LogP contribution in [0.2, 0.25) is 0 Å². The van der Waals surface area contributed by atoms with Gasteiger partial charge in [0, 0.05) is 6.42 Å². The maximum absolute atomic E-state index is 11.7. The van der Waals surface area contributed by atoms with E-state index in [1.807, 2.05) is 60.7 Å². The molecule has 0 spiro atoms. The number of cyclic esters (lactones) is 1. The molecule has 1 N–H and O–H groups in total. The molecule has 2 aromatic carbocycles. The van der Waals surface area contributed by atoms with Crippen molar-refractivity contribution in [3.05, 3.63) is 71.8 Å². The minimum absolute atomic E-state index is 0.00709. The fourth-order valence-electron chi connectivity index (χ4n) is 2.40. The number of benzene rings is 2. The lowest BCUT2D eigenvalue weighted by molar-refractivity contribution is 0.0581. The minimum atomic E-state index is -0.353. The second-order valence-electron chi connectivity index (χ2n) is 4.65. The minimum Gasteiger partial charge on any atom is -0.441 e. The number of hydrogen-bond acceptors (Lipinski definition) is 2. The van der Waals surface area contributed by atoms with Crippen molar-refractivity contribution in [3.8, 4) is 0 Å². The van der Waals surface area contributed by atoms with Crippen LogP contribution < -0.4 is 5.32 Å². The Morgan fingerprint density at radius 1 is 0.895 bits per heavy atom. The van der Waals surface area contributed by atoms with Gasteiger partial charge in [-0.3, -0.25) is 0 Å². The Labute approximate surface area is 112 Å². The zero-order chi connectivity index (χ0) is 13.1. The van der Waals surface area contributed by atoms with Crippen LogP contribution >= 0.6 is 0 Å². The molecule has 0 unspecified atom stereocenters. The highest BCUT2D eigenvalue weighted by atomic mass is 16.6. The highest BCUT2D eigenvalue weighted by Crippen LogP contribution is 2.32. The molecule has 0 radical (unpaired) electrons. The summed E-state index contributed by atoms with van der Waals surface area (Å²) in [6.45, 7) is 0. The van der Waals surface area contributed by atoms with E-state index in [9.17, 15) is 4.79 Å². The van der Waals surface area contributed by atoms with Crippen molar-refractivity contribution in [3.63, 3.8) is 0 Å². The first-order valence-electron chi connectivity index (χ1n) is 6.40. The summed E-state index contributed by atoms with van der Waals surface area (Å²) in [6.07, 6.45) is 0.217. The number of carbonyl (C=O) groups excluding carboxylic acids is 1. The summed E-state index contributed by atoms with van der Waals surface area (Å²) in [7, 11) is 0. The smallest absolute Gasteiger partial charge is 0.408 e. The van der Waals surface area contributed by atoms with E-state index < -0.39 is 0 Å². The zero-order valence-corrected chi connectivity index (χ0v) is 10.5. The molecule has 1 heterocycles. The predicted molar refractivity (Wildman–Crippen MR) is 72.6 cm³/mol. The third-order valence-corrected chi connectivity index (χ3v) is 3.36. The predicted octanol–water partition coefficient (Wildman–Crippen LogP) is 3.60. The van der Waals surface area contributed by atoms with Crippen LogP contribution in [0.1, 0.15) is 29.7 Å². The van der Waals surface area contributed by atoms with E-state index in [2.05, 4.69) is 5.32 Å². The van der Waals surface area contributed by atoms with Crippen molar-refractivity contribution in [2.75, 3.05) is 0 Å². The van der Waals surface area contributed by atoms with Crippen molar-refractivity contribution in [2.45, 2.75) is 18.6 Å². The van der Waals surface area contributed by atoms with Crippen molar-refractivity contribution in [1.29, 1.82) is 0 Å². The Hall–Kier alpha value is -2.29. The van der Waals surface area contributed by atoms with Crippen molar-refractivity contribution >= 4 is 6.09 Å². The molecule has 1 amide bonds. The standard InChI is InChI=1S/C16H15NO2/c18-16-17-14(12-7-3-1-4-8-12)11-15(19-16)13-9-5-2-6-10-13/h1-10,14-15H,11H2,(H,17,18)/t14-,15-/m1/s1. The molecular formula is C16H15NO2. The first kappa shape index (κ1) is 11.8. The van der Waals surface area contributed by atoms with E-state index in [0.29, 0.717) is 0 Å². The zero-order valence-electron chi connectivity index (χ0n) is 10.5. The lowest BCUT2D eigenvalue weighted by Crippen LogP contribution is -2.36. The van der Waals surface area contributed by atoms with Crippen LogP contribution in [0.3, 0.4) is 0 Å². The maximum atomic E-state index is 11.7. The maximum Gasteiger partial charge on any atom is 0.408 e. The quantitative estimate of drug-likeness (QED) is 0.888. The summed E-state index contributed by atoms with van der Waals surface area (Å²) in [5, 5.41) is 2.87. The van der Waals surface area contributed by atoms with Gasteiger partial charge in [0.25, 0.3) is 0 Å². The summed E-state index contributed by atoms with van der Waals surface area (Å²) >= 11 is 0.